The van der Waals surface area contributed by atoms with Crippen LogP contribution in [0.4, 0.5) is 5.82 Å². The first kappa shape index (κ1) is 11.5. The third kappa shape index (κ3) is 1.87. The van der Waals surface area contributed by atoms with E-state index in [0.29, 0.717) is 6.04 Å². The maximum Gasteiger partial charge on any atom is 0.129 e. The minimum Gasteiger partial charge on any atom is -0.353 e. The predicted octanol–water partition coefficient (Wildman–Crippen LogP) is 2.20. The number of hydrogen-bond acceptors (Lipinski definition) is 3. The highest BCUT2D eigenvalue weighted by molar-refractivity contribution is 9.10. The normalized spacial score (nSPS) is 31.9. The van der Waals surface area contributed by atoms with Gasteiger partial charge in [-0.2, -0.15) is 0 Å². The van der Waals surface area contributed by atoms with Gasteiger partial charge in [-0.25, -0.2) is 4.98 Å². The van der Waals surface area contributed by atoms with Crippen LogP contribution >= 0.6 is 15.9 Å². The number of rotatable bonds is 1. The maximum atomic E-state index is 4.56. The van der Waals surface area contributed by atoms with E-state index in [1.54, 1.807) is 0 Å². The van der Waals surface area contributed by atoms with Crippen LogP contribution in [0.1, 0.15) is 12.5 Å². The number of pyridine rings is 1. The molecule has 1 aromatic heterocycles. The molecule has 3 atom stereocenters. The molecule has 17 heavy (non-hydrogen) atoms. The molecule has 0 bridgehead atoms. The second-order valence-electron chi connectivity index (χ2n) is 5.27. The molecule has 2 aliphatic heterocycles. The highest BCUT2D eigenvalue weighted by Crippen LogP contribution is 2.35. The Kier molecular flexibility index (Phi) is 2.87. The molecule has 1 aromatic rings. The molecule has 3 nitrogen and oxygen atoms in total. The van der Waals surface area contributed by atoms with Gasteiger partial charge in [-0.05, 0) is 53.2 Å². The summed E-state index contributed by atoms with van der Waals surface area (Å²) in [6, 6.07) is 2.79. The number of anilines is 1. The summed E-state index contributed by atoms with van der Waals surface area (Å²) in [5.41, 5.74) is 1.26. The first-order chi connectivity index (χ1) is 8.16. The molecule has 92 valence electrons. The van der Waals surface area contributed by atoms with Crippen LogP contribution in [0.3, 0.4) is 0 Å². The van der Waals surface area contributed by atoms with E-state index in [4.69, 9.17) is 0 Å². The highest BCUT2D eigenvalue weighted by atomic mass is 79.9. The molecule has 0 saturated carbocycles. The van der Waals surface area contributed by atoms with Crippen molar-refractivity contribution in [3.63, 3.8) is 0 Å². The molecule has 3 heterocycles. The second-order valence-corrected chi connectivity index (χ2v) is 6.12. The van der Waals surface area contributed by atoms with E-state index >= 15 is 0 Å². The first-order valence-electron chi connectivity index (χ1n) is 6.26. The molecular weight excluding hydrogens is 278 g/mol. The molecule has 2 aliphatic rings. The largest absolute Gasteiger partial charge is 0.353 e. The van der Waals surface area contributed by atoms with Gasteiger partial charge >= 0.3 is 0 Å². The summed E-state index contributed by atoms with van der Waals surface area (Å²) in [5.74, 6) is 2.73. The number of nitrogens with zero attached hydrogens (tertiary/aromatic N) is 2. The zero-order valence-corrected chi connectivity index (χ0v) is 11.9. The lowest BCUT2D eigenvalue weighted by Crippen LogP contribution is -2.33. The van der Waals surface area contributed by atoms with Crippen LogP contribution in [-0.2, 0) is 0 Å². The SMILES string of the molecule is Cc1cc(N2CC3CNCC3C2C)ncc1Br. The van der Waals surface area contributed by atoms with Crippen LogP contribution in [0.5, 0.6) is 0 Å². The minimum atomic E-state index is 0.600. The Morgan fingerprint density at radius 3 is 3.00 bits per heavy atom. The molecule has 3 rings (SSSR count). The standard InChI is InChI=1S/C13H18BrN3/c1-8-3-13(16-6-12(8)14)17-7-10-4-15-5-11(10)9(17)2/h3,6,9-11,15H,4-5,7H2,1-2H3. The van der Waals surface area contributed by atoms with Gasteiger partial charge in [0.25, 0.3) is 0 Å². The Balaban J connectivity index is 1.87. The van der Waals surface area contributed by atoms with Crippen LogP contribution < -0.4 is 10.2 Å². The van der Waals surface area contributed by atoms with Crippen molar-refractivity contribution < 1.29 is 0 Å². The van der Waals surface area contributed by atoms with Gasteiger partial charge in [0, 0.05) is 36.3 Å². The Hall–Kier alpha value is -0.610. The van der Waals surface area contributed by atoms with Crippen molar-refractivity contribution in [2.45, 2.75) is 19.9 Å². The average molecular weight is 296 g/mol. The Morgan fingerprint density at radius 1 is 1.47 bits per heavy atom. The lowest BCUT2D eigenvalue weighted by atomic mass is 9.95. The summed E-state index contributed by atoms with van der Waals surface area (Å²) in [4.78, 5) is 7.03. The lowest BCUT2D eigenvalue weighted by Gasteiger charge is -2.25. The zero-order valence-electron chi connectivity index (χ0n) is 10.3. The topological polar surface area (TPSA) is 28.2 Å². The quantitative estimate of drug-likeness (QED) is 0.861. The van der Waals surface area contributed by atoms with E-state index < -0.39 is 0 Å². The number of hydrogen-bond donors (Lipinski definition) is 1. The van der Waals surface area contributed by atoms with Crippen LogP contribution in [0, 0.1) is 18.8 Å². The average Bonchev–Trinajstić information content (AvgIpc) is 2.86. The van der Waals surface area contributed by atoms with Crippen molar-refractivity contribution >= 4 is 21.7 Å². The third-order valence-electron chi connectivity index (χ3n) is 4.26. The van der Waals surface area contributed by atoms with E-state index in [0.717, 1.165) is 35.2 Å². The van der Waals surface area contributed by atoms with Crippen molar-refractivity contribution in [3.8, 4) is 0 Å². The monoisotopic (exact) mass is 295 g/mol. The summed E-state index contributed by atoms with van der Waals surface area (Å²) in [6.07, 6.45) is 1.92. The Bertz CT molecular complexity index is 435. The molecule has 4 heteroatoms. The van der Waals surface area contributed by atoms with Crippen LogP contribution in [-0.4, -0.2) is 30.7 Å². The van der Waals surface area contributed by atoms with Crippen molar-refractivity contribution in [1.29, 1.82) is 0 Å². The minimum absolute atomic E-state index is 0.600. The number of fused-ring (bicyclic) bond motifs is 1. The van der Waals surface area contributed by atoms with E-state index in [1.165, 1.54) is 12.1 Å². The second kappa shape index (κ2) is 4.25. The number of aryl methyl sites for hydroxylation is 1. The van der Waals surface area contributed by atoms with Crippen LogP contribution in [0.15, 0.2) is 16.7 Å². The summed E-state index contributed by atoms with van der Waals surface area (Å²) in [7, 11) is 0. The number of halogens is 1. The lowest BCUT2D eigenvalue weighted by molar-refractivity contribution is 0.471. The van der Waals surface area contributed by atoms with Crippen molar-refractivity contribution in [2.75, 3.05) is 24.5 Å². The molecule has 0 amide bonds. The van der Waals surface area contributed by atoms with Gasteiger partial charge in [-0.3, -0.25) is 0 Å². The van der Waals surface area contributed by atoms with Crippen LogP contribution in [0.2, 0.25) is 0 Å². The Labute approximate surface area is 111 Å². The van der Waals surface area contributed by atoms with Gasteiger partial charge in [0.1, 0.15) is 5.82 Å². The molecule has 2 fully saturated rings. The fourth-order valence-corrected chi connectivity index (χ4v) is 3.37. The molecule has 0 aliphatic carbocycles. The van der Waals surface area contributed by atoms with Crippen molar-refractivity contribution in [3.05, 3.63) is 22.3 Å². The van der Waals surface area contributed by atoms with Gasteiger partial charge < -0.3 is 10.2 Å². The van der Waals surface area contributed by atoms with Gasteiger partial charge in [0.2, 0.25) is 0 Å². The molecule has 0 aromatic carbocycles. The summed E-state index contributed by atoms with van der Waals surface area (Å²) >= 11 is 3.51. The van der Waals surface area contributed by atoms with Gasteiger partial charge in [-0.15, -0.1) is 0 Å². The fraction of sp³-hybridized carbons (Fsp3) is 0.615. The summed E-state index contributed by atoms with van der Waals surface area (Å²) in [6.45, 7) is 7.93. The molecule has 1 N–H and O–H groups in total. The first-order valence-corrected chi connectivity index (χ1v) is 7.05. The molecule has 2 saturated heterocycles. The third-order valence-corrected chi connectivity index (χ3v) is 5.09. The molecule has 0 spiro atoms. The van der Waals surface area contributed by atoms with Gasteiger partial charge in [-0.1, -0.05) is 0 Å². The van der Waals surface area contributed by atoms with Crippen LogP contribution in [0.25, 0.3) is 0 Å². The molecular formula is C13H18BrN3. The summed E-state index contributed by atoms with van der Waals surface area (Å²) in [5, 5.41) is 3.49. The van der Waals surface area contributed by atoms with E-state index in [2.05, 4.69) is 51.0 Å². The maximum absolute atomic E-state index is 4.56. The molecule has 3 unspecified atom stereocenters. The van der Waals surface area contributed by atoms with Gasteiger partial charge in [0.05, 0.1) is 0 Å². The Morgan fingerprint density at radius 2 is 2.29 bits per heavy atom. The molecule has 0 radical (unpaired) electrons. The van der Waals surface area contributed by atoms with E-state index in [-0.39, 0.29) is 0 Å². The van der Waals surface area contributed by atoms with E-state index in [1.807, 2.05) is 6.20 Å². The highest BCUT2D eigenvalue weighted by Gasteiger charge is 2.42. The van der Waals surface area contributed by atoms with E-state index in [9.17, 15) is 0 Å². The predicted molar refractivity (Wildman–Crippen MR) is 73.3 cm³/mol. The van der Waals surface area contributed by atoms with Crippen molar-refractivity contribution in [2.24, 2.45) is 11.8 Å². The fourth-order valence-electron chi connectivity index (χ4n) is 3.15. The van der Waals surface area contributed by atoms with Crippen molar-refractivity contribution in [1.82, 2.24) is 10.3 Å². The number of nitrogens with one attached hydrogen (secondary N) is 1. The zero-order chi connectivity index (χ0) is 12.0. The summed E-state index contributed by atoms with van der Waals surface area (Å²) < 4.78 is 1.09. The van der Waals surface area contributed by atoms with Gasteiger partial charge in [0.15, 0.2) is 0 Å². The smallest absolute Gasteiger partial charge is 0.129 e. The number of aromatic nitrogens is 1.